The van der Waals surface area contributed by atoms with Gasteiger partial charge in [-0.2, -0.15) is 5.10 Å². The van der Waals surface area contributed by atoms with Crippen molar-refractivity contribution < 1.29 is 18.7 Å². The number of para-hydroxylation sites is 1. The maximum atomic E-state index is 12.8. The van der Waals surface area contributed by atoms with Crippen LogP contribution in [0.15, 0.2) is 53.6 Å². The topological polar surface area (TPSA) is 79.8 Å². The number of nitrogens with zero attached hydrogens (tertiary/aromatic N) is 1. The number of halogens is 1. The third-order valence-electron chi connectivity index (χ3n) is 3.12. The van der Waals surface area contributed by atoms with Crippen LogP contribution in [0, 0.1) is 5.82 Å². The van der Waals surface area contributed by atoms with Crippen molar-refractivity contribution in [3.8, 4) is 5.75 Å². The third-order valence-corrected chi connectivity index (χ3v) is 3.12. The van der Waals surface area contributed by atoms with E-state index in [0.717, 1.165) is 0 Å². The maximum Gasteiger partial charge on any atom is 0.249 e. The van der Waals surface area contributed by atoms with Gasteiger partial charge >= 0.3 is 0 Å². The number of hydrogen-bond donors (Lipinski definition) is 2. The molecule has 2 N–H and O–H groups in total. The Labute approximate surface area is 151 Å². The SMILES string of the molecule is CC(C)Oc1ccccc1C=NNC(=O)CC(=O)Nc1ccc(F)cc1. The molecule has 0 aromatic heterocycles. The lowest BCUT2D eigenvalue weighted by Gasteiger charge is -2.11. The van der Waals surface area contributed by atoms with Gasteiger partial charge in [0.2, 0.25) is 11.8 Å². The average molecular weight is 357 g/mol. The van der Waals surface area contributed by atoms with E-state index in [2.05, 4.69) is 15.8 Å². The van der Waals surface area contributed by atoms with Gasteiger partial charge in [-0.25, -0.2) is 9.82 Å². The molecule has 2 aromatic carbocycles. The summed E-state index contributed by atoms with van der Waals surface area (Å²) in [5, 5.41) is 6.35. The monoisotopic (exact) mass is 357 g/mol. The first-order valence-corrected chi connectivity index (χ1v) is 8.07. The highest BCUT2D eigenvalue weighted by Crippen LogP contribution is 2.17. The van der Waals surface area contributed by atoms with Crippen molar-refractivity contribution in [3.05, 3.63) is 59.9 Å². The first kappa shape index (κ1) is 19.1. The van der Waals surface area contributed by atoms with Crippen LogP contribution in [0.5, 0.6) is 5.75 Å². The molecule has 0 saturated heterocycles. The molecule has 7 heteroatoms. The zero-order valence-electron chi connectivity index (χ0n) is 14.5. The summed E-state index contributed by atoms with van der Waals surface area (Å²) in [5.74, 6) is -0.845. The molecule has 0 heterocycles. The molecular weight excluding hydrogens is 337 g/mol. The molecule has 2 aromatic rings. The summed E-state index contributed by atoms with van der Waals surface area (Å²) in [6, 6.07) is 12.5. The fourth-order valence-corrected chi connectivity index (χ4v) is 2.05. The smallest absolute Gasteiger partial charge is 0.249 e. The van der Waals surface area contributed by atoms with Crippen molar-refractivity contribution >= 4 is 23.7 Å². The Bertz CT molecular complexity index is 789. The number of nitrogens with one attached hydrogen (secondary N) is 2. The minimum absolute atomic E-state index is 0.00861. The minimum Gasteiger partial charge on any atom is -0.490 e. The number of ether oxygens (including phenoxy) is 1. The minimum atomic E-state index is -0.567. The van der Waals surface area contributed by atoms with Crippen LogP contribution >= 0.6 is 0 Å². The molecule has 0 atom stereocenters. The highest BCUT2D eigenvalue weighted by Gasteiger charge is 2.09. The van der Waals surface area contributed by atoms with Gasteiger partial charge in [-0.05, 0) is 50.2 Å². The quantitative estimate of drug-likeness (QED) is 0.454. The summed E-state index contributed by atoms with van der Waals surface area (Å²) in [4.78, 5) is 23.6. The van der Waals surface area contributed by atoms with E-state index in [1.54, 1.807) is 12.1 Å². The molecule has 0 saturated carbocycles. The first-order chi connectivity index (χ1) is 12.4. The van der Waals surface area contributed by atoms with Crippen LogP contribution in [0.3, 0.4) is 0 Å². The lowest BCUT2D eigenvalue weighted by molar-refractivity contribution is -0.126. The Balaban J connectivity index is 1.85. The molecule has 0 aliphatic heterocycles. The van der Waals surface area contributed by atoms with E-state index >= 15 is 0 Å². The Morgan fingerprint density at radius 3 is 2.50 bits per heavy atom. The highest BCUT2D eigenvalue weighted by molar-refractivity contribution is 6.03. The third kappa shape index (κ3) is 6.35. The Kier molecular flexibility index (Phi) is 6.84. The van der Waals surface area contributed by atoms with Gasteiger partial charge in [-0.1, -0.05) is 12.1 Å². The van der Waals surface area contributed by atoms with Crippen LogP contribution < -0.4 is 15.5 Å². The van der Waals surface area contributed by atoms with Crippen molar-refractivity contribution in [2.75, 3.05) is 5.32 Å². The molecule has 0 unspecified atom stereocenters. The van der Waals surface area contributed by atoms with Gasteiger partial charge in [0.15, 0.2) is 0 Å². The Morgan fingerprint density at radius 1 is 1.12 bits per heavy atom. The van der Waals surface area contributed by atoms with Gasteiger partial charge in [0, 0.05) is 11.3 Å². The second-order valence-electron chi connectivity index (χ2n) is 5.73. The number of benzene rings is 2. The summed E-state index contributed by atoms with van der Waals surface area (Å²) in [6.45, 7) is 3.82. The number of carbonyl (C=O) groups is 2. The standard InChI is InChI=1S/C19H20FN3O3/c1-13(2)26-17-6-4-3-5-14(17)12-21-23-19(25)11-18(24)22-16-9-7-15(20)8-10-16/h3-10,12-13H,11H2,1-2H3,(H,22,24)(H,23,25). The van der Waals surface area contributed by atoms with Crippen molar-refractivity contribution in [1.82, 2.24) is 5.43 Å². The van der Waals surface area contributed by atoms with Crippen LogP contribution in [0.1, 0.15) is 25.8 Å². The van der Waals surface area contributed by atoms with E-state index in [1.165, 1.54) is 30.5 Å². The van der Waals surface area contributed by atoms with E-state index < -0.39 is 24.1 Å². The summed E-state index contributed by atoms with van der Waals surface area (Å²) >= 11 is 0. The van der Waals surface area contributed by atoms with Crippen LogP contribution in [-0.2, 0) is 9.59 Å². The normalized spacial score (nSPS) is 10.8. The molecule has 0 radical (unpaired) electrons. The number of rotatable bonds is 7. The zero-order valence-corrected chi connectivity index (χ0v) is 14.5. The molecule has 2 amide bonds. The van der Waals surface area contributed by atoms with Gasteiger partial charge in [0.05, 0.1) is 12.3 Å². The largest absolute Gasteiger partial charge is 0.490 e. The molecule has 26 heavy (non-hydrogen) atoms. The van der Waals surface area contributed by atoms with Gasteiger partial charge in [0.25, 0.3) is 0 Å². The van der Waals surface area contributed by atoms with Crippen LogP contribution in [0.4, 0.5) is 10.1 Å². The lowest BCUT2D eigenvalue weighted by atomic mass is 10.2. The molecule has 0 bridgehead atoms. The van der Waals surface area contributed by atoms with Crippen molar-refractivity contribution in [2.45, 2.75) is 26.4 Å². The first-order valence-electron chi connectivity index (χ1n) is 8.07. The molecule has 6 nitrogen and oxygen atoms in total. The summed E-state index contributed by atoms with van der Waals surface area (Å²) in [6.07, 6.45) is 1.06. The number of anilines is 1. The van der Waals surface area contributed by atoms with E-state index in [1.807, 2.05) is 26.0 Å². The molecule has 0 aliphatic rings. The average Bonchev–Trinajstić information content (AvgIpc) is 2.58. The summed E-state index contributed by atoms with van der Waals surface area (Å²) in [7, 11) is 0. The van der Waals surface area contributed by atoms with Crippen LogP contribution in [-0.4, -0.2) is 24.1 Å². The molecule has 0 spiro atoms. The Morgan fingerprint density at radius 2 is 1.81 bits per heavy atom. The van der Waals surface area contributed by atoms with E-state index in [0.29, 0.717) is 17.0 Å². The van der Waals surface area contributed by atoms with E-state index in [9.17, 15) is 14.0 Å². The fraction of sp³-hybridized carbons (Fsp3) is 0.211. The summed E-state index contributed by atoms with van der Waals surface area (Å²) in [5.41, 5.74) is 3.41. The van der Waals surface area contributed by atoms with Gasteiger partial charge in [-0.15, -0.1) is 0 Å². The van der Waals surface area contributed by atoms with Gasteiger partial charge in [0.1, 0.15) is 18.0 Å². The van der Waals surface area contributed by atoms with Crippen molar-refractivity contribution in [3.63, 3.8) is 0 Å². The van der Waals surface area contributed by atoms with Gasteiger partial charge in [-0.3, -0.25) is 9.59 Å². The number of amides is 2. The second kappa shape index (κ2) is 9.31. The number of hydrazone groups is 1. The van der Waals surface area contributed by atoms with Crippen LogP contribution in [0.2, 0.25) is 0 Å². The van der Waals surface area contributed by atoms with Crippen molar-refractivity contribution in [1.29, 1.82) is 0 Å². The fourth-order valence-electron chi connectivity index (χ4n) is 2.05. The molecular formula is C19H20FN3O3. The molecule has 0 aliphatic carbocycles. The van der Waals surface area contributed by atoms with E-state index in [4.69, 9.17) is 4.74 Å². The Hall–Kier alpha value is -3.22. The van der Waals surface area contributed by atoms with Crippen LogP contribution in [0.25, 0.3) is 0 Å². The van der Waals surface area contributed by atoms with Gasteiger partial charge < -0.3 is 10.1 Å². The second-order valence-corrected chi connectivity index (χ2v) is 5.73. The highest BCUT2D eigenvalue weighted by atomic mass is 19.1. The predicted octanol–water partition coefficient (Wildman–Crippen LogP) is 3.09. The lowest BCUT2D eigenvalue weighted by Crippen LogP contribution is -2.24. The molecule has 0 fully saturated rings. The predicted molar refractivity (Wildman–Crippen MR) is 97.6 cm³/mol. The maximum absolute atomic E-state index is 12.8. The van der Waals surface area contributed by atoms with E-state index in [-0.39, 0.29) is 6.10 Å². The number of carbonyl (C=O) groups excluding carboxylic acids is 2. The van der Waals surface area contributed by atoms with Crippen molar-refractivity contribution in [2.24, 2.45) is 5.10 Å². The summed E-state index contributed by atoms with van der Waals surface area (Å²) < 4.78 is 18.5. The zero-order chi connectivity index (χ0) is 18.9. The number of hydrogen-bond acceptors (Lipinski definition) is 4. The molecule has 2 rings (SSSR count). The molecule has 136 valence electrons.